The first-order valence-electron chi connectivity index (χ1n) is 8.84. The highest BCUT2D eigenvalue weighted by molar-refractivity contribution is 6.31. The molecule has 6 nitrogen and oxygen atoms in total. The predicted molar refractivity (Wildman–Crippen MR) is 94.5 cm³/mol. The number of piperidine rings is 1. The standard InChI is InChI=1S/C18H22ClN3O3/c19-12-1-3-15-14(9-12)21-17(25-15)11-5-7-22(8-6-11)18(23)16-4-2-13(10-20)24-16/h1,3,9,11,13,16H,2,4-8,10,20H2/t13-,16+/m1/s1. The average Bonchev–Trinajstić information content (AvgIpc) is 3.27. The number of likely N-dealkylation sites (tertiary alicyclic amines) is 1. The molecule has 0 bridgehead atoms. The zero-order valence-electron chi connectivity index (χ0n) is 14.0. The zero-order chi connectivity index (χ0) is 17.4. The molecule has 2 saturated heterocycles. The number of amides is 1. The van der Waals surface area contributed by atoms with E-state index in [4.69, 9.17) is 26.5 Å². The summed E-state index contributed by atoms with van der Waals surface area (Å²) in [5.74, 6) is 1.07. The maximum atomic E-state index is 12.6. The van der Waals surface area contributed by atoms with Crippen molar-refractivity contribution in [1.29, 1.82) is 0 Å². The van der Waals surface area contributed by atoms with Crippen LogP contribution in [-0.2, 0) is 9.53 Å². The quantitative estimate of drug-likeness (QED) is 0.906. The Morgan fingerprint density at radius 2 is 2.08 bits per heavy atom. The second-order valence-electron chi connectivity index (χ2n) is 6.82. The normalized spacial score (nSPS) is 25.0. The van der Waals surface area contributed by atoms with E-state index < -0.39 is 0 Å². The minimum absolute atomic E-state index is 0.0260. The number of fused-ring (bicyclic) bond motifs is 1. The van der Waals surface area contributed by atoms with E-state index in [2.05, 4.69) is 4.98 Å². The molecule has 4 rings (SSSR count). The van der Waals surface area contributed by atoms with Gasteiger partial charge in [-0.15, -0.1) is 0 Å². The summed E-state index contributed by atoms with van der Waals surface area (Å²) >= 11 is 6.01. The number of rotatable bonds is 3. The molecule has 1 aromatic heterocycles. The molecule has 0 saturated carbocycles. The summed E-state index contributed by atoms with van der Waals surface area (Å²) in [6.07, 6.45) is 3.04. The highest BCUT2D eigenvalue weighted by Gasteiger charge is 2.35. The van der Waals surface area contributed by atoms with Crippen molar-refractivity contribution >= 4 is 28.6 Å². The number of carbonyl (C=O) groups excluding carboxylic acids is 1. The predicted octanol–water partition coefficient (Wildman–Crippen LogP) is 2.69. The van der Waals surface area contributed by atoms with Crippen molar-refractivity contribution in [3.05, 3.63) is 29.1 Å². The number of hydrogen-bond donors (Lipinski definition) is 1. The lowest BCUT2D eigenvalue weighted by Gasteiger charge is -2.32. The van der Waals surface area contributed by atoms with Gasteiger partial charge in [-0.05, 0) is 43.9 Å². The minimum Gasteiger partial charge on any atom is -0.440 e. The molecule has 25 heavy (non-hydrogen) atoms. The molecule has 1 aromatic carbocycles. The van der Waals surface area contributed by atoms with Crippen molar-refractivity contribution in [3.8, 4) is 0 Å². The highest BCUT2D eigenvalue weighted by atomic mass is 35.5. The van der Waals surface area contributed by atoms with Crippen molar-refractivity contribution in [2.24, 2.45) is 5.73 Å². The van der Waals surface area contributed by atoms with E-state index in [0.29, 0.717) is 24.7 Å². The van der Waals surface area contributed by atoms with Gasteiger partial charge in [0.15, 0.2) is 11.5 Å². The number of benzene rings is 1. The van der Waals surface area contributed by atoms with Gasteiger partial charge in [0, 0.05) is 30.6 Å². The lowest BCUT2D eigenvalue weighted by atomic mass is 9.96. The molecule has 1 amide bonds. The molecule has 134 valence electrons. The Kier molecular flexibility index (Phi) is 4.67. The maximum absolute atomic E-state index is 12.6. The lowest BCUT2D eigenvalue weighted by Crippen LogP contribution is -2.43. The number of oxazole rings is 1. The molecular formula is C18H22ClN3O3. The summed E-state index contributed by atoms with van der Waals surface area (Å²) in [4.78, 5) is 19.1. The van der Waals surface area contributed by atoms with Crippen LogP contribution in [0.4, 0.5) is 0 Å². The summed E-state index contributed by atoms with van der Waals surface area (Å²) in [5.41, 5.74) is 7.16. The van der Waals surface area contributed by atoms with E-state index in [-0.39, 0.29) is 24.0 Å². The Morgan fingerprint density at radius 1 is 1.28 bits per heavy atom. The molecule has 2 fully saturated rings. The number of nitrogens with two attached hydrogens (primary N) is 1. The third-order valence-corrected chi connectivity index (χ3v) is 5.40. The molecule has 7 heteroatoms. The molecule has 2 N–H and O–H groups in total. The fourth-order valence-corrected chi connectivity index (χ4v) is 3.87. The van der Waals surface area contributed by atoms with E-state index >= 15 is 0 Å². The Hall–Kier alpha value is -1.63. The van der Waals surface area contributed by atoms with Crippen molar-refractivity contribution in [2.45, 2.75) is 43.8 Å². The number of carbonyl (C=O) groups is 1. The Balaban J connectivity index is 1.38. The first kappa shape index (κ1) is 16.8. The van der Waals surface area contributed by atoms with Gasteiger partial charge in [-0.2, -0.15) is 0 Å². The smallest absolute Gasteiger partial charge is 0.251 e. The average molecular weight is 364 g/mol. The second-order valence-corrected chi connectivity index (χ2v) is 7.26. The Morgan fingerprint density at radius 3 is 2.80 bits per heavy atom. The molecular weight excluding hydrogens is 342 g/mol. The number of halogens is 1. The van der Waals surface area contributed by atoms with Crippen LogP contribution in [0.25, 0.3) is 11.1 Å². The molecule has 2 aliphatic heterocycles. The molecule has 2 aromatic rings. The minimum atomic E-state index is -0.323. The number of hydrogen-bond acceptors (Lipinski definition) is 5. The van der Waals surface area contributed by atoms with Gasteiger partial charge in [0.2, 0.25) is 0 Å². The van der Waals surface area contributed by atoms with Crippen LogP contribution in [0.1, 0.15) is 37.5 Å². The van der Waals surface area contributed by atoms with Gasteiger partial charge >= 0.3 is 0 Å². The summed E-state index contributed by atoms with van der Waals surface area (Å²) < 4.78 is 11.6. The van der Waals surface area contributed by atoms with E-state index in [1.54, 1.807) is 6.07 Å². The number of nitrogens with zero attached hydrogens (tertiary/aromatic N) is 2. The van der Waals surface area contributed by atoms with Crippen molar-refractivity contribution in [1.82, 2.24) is 9.88 Å². The van der Waals surface area contributed by atoms with Gasteiger partial charge in [-0.25, -0.2) is 4.98 Å². The van der Waals surface area contributed by atoms with Gasteiger partial charge in [-0.1, -0.05) is 11.6 Å². The highest BCUT2D eigenvalue weighted by Crippen LogP contribution is 2.31. The van der Waals surface area contributed by atoms with Crippen LogP contribution in [0.3, 0.4) is 0 Å². The second kappa shape index (κ2) is 6.94. The van der Waals surface area contributed by atoms with Crippen LogP contribution < -0.4 is 5.73 Å². The van der Waals surface area contributed by atoms with Gasteiger partial charge in [0.25, 0.3) is 5.91 Å². The molecule has 3 heterocycles. The van der Waals surface area contributed by atoms with Crippen LogP contribution in [0, 0.1) is 0 Å². The van der Waals surface area contributed by atoms with Crippen LogP contribution in [0.15, 0.2) is 22.6 Å². The summed E-state index contributed by atoms with van der Waals surface area (Å²) in [6.45, 7) is 1.89. The van der Waals surface area contributed by atoms with Gasteiger partial charge in [-0.3, -0.25) is 4.79 Å². The van der Waals surface area contributed by atoms with Crippen LogP contribution >= 0.6 is 11.6 Å². The first-order valence-corrected chi connectivity index (χ1v) is 9.22. The van der Waals surface area contributed by atoms with Crippen molar-refractivity contribution < 1.29 is 13.9 Å². The van der Waals surface area contributed by atoms with Crippen molar-refractivity contribution in [2.75, 3.05) is 19.6 Å². The fourth-order valence-electron chi connectivity index (χ4n) is 3.70. The first-order chi connectivity index (χ1) is 12.1. The van der Waals surface area contributed by atoms with E-state index in [9.17, 15) is 4.79 Å². The lowest BCUT2D eigenvalue weighted by molar-refractivity contribution is -0.143. The van der Waals surface area contributed by atoms with E-state index in [0.717, 1.165) is 42.7 Å². The van der Waals surface area contributed by atoms with Gasteiger partial charge in [0.1, 0.15) is 11.6 Å². The summed E-state index contributed by atoms with van der Waals surface area (Å²) in [6, 6.07) is 5.46. The largest absolute Gasteiger partial charge is 0.440 e. The SMILES string of the molecule is NC[C@H]1CC[C@@H](C(=O)N2CCC(c3nc4cc(Cl)ccc4o3)CC2)O1. The van der Waals surface area contributed by atoms with Gasteiger partial charge in [0.05, 0.1) is 6.10 Å². The van der Waals surface area contributed by atoms with E-state index in [1.165, 1.54) is 0 Å². The molecule has 2 aliphatic rings. The Labute approximate surface area is 151 Å². The van der Waals surface area contributed by atoms with Crippen LogP contribution in [-0.4, -0.2) is 47.6 Å². The third-order valence-electron chi connectivity index (χ3n) is 5.17. The molecule has 0 spiro atoms. The third kappa shape index (κ3) is 3.38. The van der Waals surface area contributed by atoms with Crippen molar-refractivity contribution in [3.63, 3.8) is 0 Å². The fraction of sp³-hybridized carbons (Fsp3) is 0.556. The monoisotopic (exact) mass is 363 g/mol. The molecule has 0 radical (unpaired) electrons. The summed E-state index contributed by atoms with van der Waals surface area (Å²) in [7, 11) is 0. The molecule has 0 aliphatic carbocycles. The van der Waals surface area contributed by atoms with Crippen LogP contribution in [0.2, 0.25) is 5.02 Å². The van der Waals surface area contributed by atoms with Crippen LogP contribution in [0.5, 0.6) is 0 Å². The number of ether oxygens (including phenoxy) is 1. The van der Waals surface area contributed by atoms with E-state index in [1.807, 2.05) is 17.0 Å². The van der Waals surface area contributed by atoms with Gasteiger partial charge < -0.3 is 19.8 Å². The number of aromatic nitrogens is 1. The topological polar surface area (TPSA) is 81.6 Å². The summed E-state index contributed by atoms with van der Waals surface area (Å²) in [5, 5.41) is 0.653. The Bertz CT molecular complexity index is 770. The molecule has 0 unspecified atom stereocenters. The maximum Gasteiger partial charge on any atom is 0.251 e. The molecule has 2 atom stereocenters. The zero-order valence-corrected chi connectivity index (χ0v) is 14.7.